The fourth-order valence-corrected chi connectivity index (χ4v) is 5.40. The van der Waals surface area contributed by atoms with Crippen molar-refractivity contribution in [2.45, 2.75) is 33.3 Å². The maximum atomic E-state index is 13.7. The summed E-state index contributed by atoms with van der Waals surface area (Å²) < 4.78 is 41.7. The average Bonchev–Trinajstić information content (AvgIpc) is 3.30. The number of esters is 7. The molecule has 2 aliphatic heterocycles. The molecule has 3 aromatic rings. The van der Waals surface area contributed by atoms with Crippen LogP contribution in [0, 0.1) is 0 Å². The zero-order valence-corrected chi connectivity index (χ0v) is 27.5. The number of ether oxygens (including phenoxy) is 8. The van der Waals surface area contributed by atoms with Gasteiger partial charge in [-0.25, -0.2) is 4.79 Å². The minimum atomic E-state index is -1.77. The SMILES string of the molecule is CC(=O)OCOC(=O)CN(CC(=O)OCOC(C)=O)c1cc2c(cc1O)C1(OC2=O)c2ccc(OC(C)=O)cc2Oc2cc(OC(C)=O)ccc21. The number of hydrogen-bond acceptors (Lipinski definition) is 17. The molecule has 0 radical (unpaired) electrons. The first-order chi connectivity index (χ1) is 24.2. The average molecular weight is 708 g/mol. The molecule has 0 atom stereocenters. The summed E-state index contributed by atoms with van der Waals surface area (Å²) >= 11 is 0. The predicted molar refractivity (Wildman–Crippen MR) is 167 cm³/mol. The van der Waals surface area contributed by atoms with Crippen LogP contribution in [0.1, 0.15) is 54.7 Å². The van der Waals surface area contributed by atoms with E-state index in [0.717, 1.165) is 18.7 Å². The Bertz CT molecular complexity index is 1870. The standard InChI is InChI=1S/C34H29NO16/c1-17(36)44-15-46-31(41)13-35(14-32(42)47-16-45-18(2)37)27-11-23-26(12-28(27)40)34(51-33(23)43)24-7-5-21(48-19(3)38)9-29(24)50-30-10-22(49-20(4)39)6-8-25(30)34/h5-12,40H,13-16H2,1-4H3. The largest absolute Gasteiger partial charge is 0.506 e. The summed E-state index contributed by atoms with van der Waals surface area (Å²) in [6, 6.07) is 11.1. The molecule has 1 spiro atoms. The summed E-state index contributed by atoms with van der Waals surface area (Å²) in [5, 5.41) is 11.5. The molecule has 2 heterocycles. The van der Waals surface area contributed by atoms with Crippen LogP contribution in [0.5, 0.6) is 28.7 Å². The van der Waals surface area contributed by atoms with Crippen LogP contribution < -0.4 is 19.1 Å². The molecule has 5 rings (SSSR count). The minimum Gasteiger partial charge on any atom is -0.506 e. The zero-order chi connectivity index (χ0) is 37.0. The maximum absolute atomic E-state index is 13.7. The van der Waals surface area contributed by atoms with Crippen LogP contribution in [0.25, 0.3) is 0 Å². The molecule has 1 N–H and O–H groups in total. The Hall–Kier alpha value is -6.65. The zero-order valence-electron chi connectivity index (χ0n) is 27.5. The highest BCUT2D eigenvalue weighted by Crippen LogP contribution is 2.58. The first kappa shape index (κ1) is 35.7. The second-order valence-electron chi connectivity index (χ2n) is 11.0. The van der Waals surface area contributed by atoms with Gasteiger partial charge in [-0.1, -0.05) is 0 Å². The lowest BCUT2D eigenvalue weighted by atomic mass is 9.77. The van der Waals surface area contributed by atoms with Gasteiger partial charge in [-0.05, 0) is 36.4 Å². The highest BCUT2D eigenvalue weighted by atomic mass is 16.7. The number of anilines is 1. The molecule has 0 fully saturated rings. The Morgan fingerprint density at radius 2 is 1.16 bits per heavy atom. The number of rotatable bonds is 11. The molecular formula is C34H29NO16. The number of nitrogens with zero attached hydrogens (tertiary/aromatic N) is 1. The van der Waals surface area contributed by atoms with Crippen LogP contribution in [0.3, 0.4) is 0 Å². The van der Waals surface area contributed by atoms with E-state index >= 15 is 0 Å². The van der Waals surface area contributed by atoms with Gasteiger partial charge in [-0.2, -0.15) is 0 Å². The van der Waals surface area contributed by atoms with Crippen LogP contribution in [0.2, 0.25) is 0 Å². The summed E-state index contributed by atoms with van der Waals surface area (Å²) in [6.07, 6.45) is 0. The molecule has 0 amide bonds. The number of benzene rings is 3. The van der Waals surface area contributed by atoms with Gasteiger partial charge in [0.2, 0.25) is 13.6 Å². The summed E-state index contributed by atoms with van der Waals surface area (Å²) in [7, 11) is 0. The van der Waals surface area contributed by atoms with Crippen LogP contribution >= 0.6 is 0 Å². The molecule has 266 valence electrons. The van der Waals surface area contributed by atoms with E-state index in [1.54, 1.807) is 0 Å². The van der Waals surface area contributed by atoms with E-state index in [1.807, 2.05) is 0 Å². The fraction of sp³-hybridized carbons (Fsp3) is 0.265. The van der Waals surface area contributed by atoms with Gasteiger partial charge in [0.15, 0.2) is 5.60 Å². The highest BCUT2D eigenvalue weighted by Gasteiger charge is 2.54. The third-order valence-corrected chi connectivity index (χ3v) is 7.31. The highest BCUT2D eigenvalue weighted by molar-refractivity contribution is 5.99. The van der Waals surface area contributed by atoms with Crippen molar-refractivity contribution in [3.05, 3.63) is 70.8 Å². The first-order valence-corrected chi connectivity index (χ1v) is 15.0. The van der Waals surface area contributed by atoms with E-state index in [2.05, 4.69) is 9.47 Å². The van der Waals surface area contributed by atoms with E-state index in [4.69, 9.17) is 28.4 Å². The number of carbonyl (C=O) groups is 7. The Labute approximate surface area is 288 Å². The fourth-order valence-electron chi connectivity index (χ4n) is 5.40. The van der Waals surface area contributed by atoms with Crippen LogP contribution in [-0.2, 0) is 58.1 Å². The lowest BCUT2D eigenvalue weighted by molar-refractivity contribution is -0.165. The van der Waals surface area contributed by atoms with Gasteiger partial charge in [0, 0.05) is 56.5 Å². The lowest BCUT2D eigenvalue weighted by Gasteiger charge is -2.36. The third-order valence-electron chi connectivity index (χ3n) is 7.31. The van der Waals surface area contributed by atoms with E-state index in [1.165, 1.54) is 62.4 Å². The quantitative estimate of drug-likeness (QED) is 0.131. The van der Waals surface area contributed by atoms with Crippen molar-refractivity contribution in [3.63, 3.8) is 0 Å². The van der Waals surface area contributed by atoms with Gasteiger partial charge in [-0.3, -0.25) is 28.8 Å². The van der Waals surface area contributed by atoms with Crippen molar-refractivity contribution in [3.8, 4) is 28.7 Å². The second-order valence-corrected chi connectivity index (χ2v) is 11.0. The molecule has 0 aromatic heterocycles. The van der Waals surface area contributed by atoms with Crippen molar-refractivity contribution in [2.75, 3.05) is 31.6 Å². The van der Waals surface area contributed by atoms with Crippen LogP contribution in [0.15, 0.2) is 48.5 Å². The van der Waals surface area contributed by atoms with Gasteiger partial charge in [-0.15, -0.1) is 0 Å². The molecule has 0 unspecified atom stereocenters. The molecule has 0 bridgehead atoms. The van der Waals surface area contributed by atoms with Crippen molar-refractivity contribution < 1.29 is 76.6 Å². The number of hydrogen-bond donors (Lipinski definition) is 1. The number of phenolic OH excluding ortho intramolecular Hbond substituents is 1. The minimum absolute atomic E-state index is 0.0955. The van der Waals surface area contributed by atoms with Crippen molar-refractivity contribution >= 4 is 47.5 Å². The normalized spacial score (nSPS) is 12.9. The van der Waals surface area contributed by atoms with E-state index in [0.29, 0.717) is 0 Å². The number of carbonyl (C=O) groups excluding carboxylic acids is 7. The van der Waals surface area contributed by atoms with Crippen LogP contribution in [0.4, 0.5) is 5.69 Å². The molecule has 0 saturated heterocycles. The Balaban J connectivity index is 1.60. The molecule has 2 aliphatic rings. The first-order valence-electron chi connectivity index (χ1n) is 15.0. The summed E-state index contributed by atoms with van der Waals surface area (Å²) in [6.45, 7) is 1.72. The molecule has 17 heteroatoms. The van der Waals surface area contributed by atoms with Gasteiger partial charge >= 0.3 is 41.8 Å². The van der Waals surface area contributed by atoms with Gasteiger partial charge < -0.3 is 47.9 Å². The monoisotopic (exact) mass is 707 g/mol. The molecule has 51 heavy (non-hydrogen) atoms. The Morgan fingerprint density at radius 3 is 1.61 bits per heavy atom. The molecule has 17 nitrogen and oxygen atoms in total. The van der Waals surface area contributed by atoms with Crippen LogP contribution in [-0.4, -0.2) is 73.6 Å². The smallest absolute Gasteiger partial charge is 0.340 e. The van der Waals surface area contributed by atoms with Crippen molar-refractivity contribution in [1.29, 1.82) is 0 Å². The van der Waals surface area contributed by atoms with Gasteiger partial charge in [0.25, 0.3) is 0 Å². The van der Waals surface area contributed by atoms with E-state index < -0.39 is 79.8 Å². The molecular weight excluding hydrogens is 678 g/mol. The topological polar surface area (TPSA) is 217 Å². The Morgan fingerprint density at radius 1 is 0.667 bits per heavy atom. The maximum Gasteiger partial charge on any atom is 0.340 e. The predicted octanol–water partition coefficient (Wildman–Crippen LogP) is 2.74. The second kappa shape index (κ2) is 14.5. The molecule has 0 aliphatic carbocycles. The van der Waals surface area contributed by atoms with E-state index in [9.17, 15) is 38.7 Å². The number of fused-ring (bicyclic) bond motifs is 6. The van der Waals surface area contributed by atoms with Gasteiger partial charge in [0.05, 0.1) is 11.3 Å². The van der Waals surface area contributed by atoms with E-state index in [-0.39, 0.29) is 50.9 Å². The van der Waals surface area contributed by atoms with Gasteiger partial charge in [0.1, 0.15) is 41.8 Å². The molecule has 0 saturated carbocycles. The van der Waals surface area contributed by atoms with Crippen molar-refractivity contribution in [1.82, 2.24) is 0 Å². The summed E-state index contributed by atoms with van der Waals surface area (Å²) in [5.41, 5.74) is -1.42. The number of phenols is 1. The van der Waals surface area contributed by atoms with Crippen molar-refractivity contribution in [2.24, 2.45) is 0 Å². The Kier molecular flexibility index (Phi) is 10.1. The number of aromatic hydroxyl groups is 1. The molecule has 3 aromatic carbocycles. The summed E-state index contributed by atoms with van der Waals surface area (Å²) in [5.74, 6) is -5.67. The summed E-state index contributed by atoms with van der Waals surface area (Å²) in [4.78, 5) is 85.7. The third kappa shape index (κ3) is 7.66. The lowest BCUT2D eigenvalue weighted by Crippen LogP contribution is -2.37.